The summed E-state index contributed by atoms with van der Waals surface area (Å²) < 4.78 is 1.94. The maximum Gasteiger partial charge on any atom is 0.147 e. The number of Topliss-reactive ketones (excluding diaryl/α,β-unsaturated/α-hetero) is 1. The highest BCUT2D eigenvalue weighted by Gasteiger charge is 2.03. The molecule has 0 saturated carbocycles. The van der Waals surface area contributed by atoms with Gasteiger partial charge in [-0.15, -0.1) is 0 Å². The molecule has 1 aromatic rings. The molecule has 0 amide bonds. The summed E-state index contributed by atoms with van der Waals surface area (Å²) >= 11 is 0. The molecule has 0 aliphatic heterocycles. The monoisotopic (exact) mass is 181 g/mol. The van der Waals surface area contributed by atoms with Crippen LogP contribution in [0.1, 0.15) is 12.2 Å². The smallest absolute Gasteiger partial charge is 0.147 e. The van der Waals surface area contributed by atoms with E-state index in [1.54, 1.807) is 13.2 Å². The van der Waals surface area contributed by atoms with E-state index in [9.17, 15) is 4.79 Å². The van der Waals surface area contributed by atoms with Crippen LogP contribution < -0.4 is 5.32 Å². The Labute approximate surface area is 78.0 Å². The van der Waals surface area contributed by atoms with E-state index in [-0.39, 0.29) is 5.78 Å². The zero-order chi connectivity index (χ0) is 9.68. The summed E-state index contributed by atoms with van der Waals surface area (Å²) in [4.78, 5) is 15.3. The second-order valence-electron chi connectivity index (χ2n) is 3.02. The van der Waals surface area contributed by atoms with E-state index in [4.69, 9.17) is 0 Å². The van der Waals surface area contributed by atoms with Gasteiger partial charge in [0.05, 0.1) is 6.54 Å². The number of hydrogen-bond donors (Lipinski definition) is 1. The Bertz CT molecular complexity index is 280. The number of nitrogens with zero attached hydrogens (tertiary/aromatic N) is 2. The highest BCUT2D eigenvalue weighted by Crippen LogP contribution is 1.98. The lowest BCUT2D eigenvalue weighted by Crippen LogP contribution is -2.19. The molecule has 0 atom stereocenters. The lowest BCUT2D eigenvalue weighted by molar-refractivity contribution is -0.118. The number of rotatable bonds is 5. The summed E-state index contributed by atoms with van der Waals surface area (Å²) in [6.45, 7) is 0.449. The van der Waals surface area contributed by atoms with E-state index in [0.717, 1.165) is 12.2 Å². The van der Waals surface area contributed by atoms with Gasteiger partial charge in [-0.05, 0) is 7.05 Å². The van der Waals surface area contributed by atoms with Crippen molar-refractivity contribution in [3.8, 4) is 0 Å². The van der Waals surface area contributed by atoms with E-state index in [2.05, 4.69) is 10.3 Å². The number of ketones is 1. The van der Waals surface area contributed by atoms with Crippen molar-refractivity contribution in [2.75, 3.05) is 13.6 Å². The van der Waals surface area contributed by atoms with Crippen LogP contribution in [0.5, 0.6) is 0 Å². The lowest BCUT2D eigenvalue weighted by Gasteiger charge is -2.00. The van der Waals surface area contributed by atoms with Crippen LogP contribution in [0.4, 0.5) is 0 Å². The molecule has 0 unspecified atom stereocenters. The van der Waals surface area contributed by atoms with Gasteiger partial charge in [-0.2, -0.15) is 0 Å². The number of carbonyl (C=O) groups excluding carboxylic acids is 1. The Morgan fingerprint density at radius 3 is 3.00 bits per heavy atom. The summed E-state index contributed by atoms with van der Waals surface area (Å²) in [6.07, 6.45) is 4.92. The molecule has 4 nitrogen and oxygen atoms in total. The Balaban J connectivity index is 2.35. The summed E-state index contributed by atoms with van der Waals surface area (Å²) in [6, 6.07) is 0. The number of carbonyl (C=O) groups is 1. The quantitative estimate of drug-likeness (QED) is 0.703. The van der Waals surface area contributed by atoms with E-state index in [0.29, 0.717) is 13.0 Å². The van der Waals surface area contributed by atoms with Crippen molar-refractivity contribution in [1.82, 2.24) is 14.9 Å². The molecule has 0 aromatic carbocycles. The third kappa shape index (κ3) is 2.99. The zero-order valence-electron chi connectivity index (χ0n) is 8.08. The van der Waals surface area contributed by atoms with Crippen molar-refractivity contribution >= 4 is 5.78 Å². The molecule has 0 aliphatic rings. The van der Waals surface area contributed by atoms with Crippen LogP contribution in [0.3, 0.4) is 0 Å². The van der Waals surface area contributed by atoms with Crippen LogP contribution in [-0.2, 0) is 18.3 Å². The molecule has 1 heterocycles. The maximum absolute atomic E-state index is 11.2. The highest BCUT2D eigenvalue weighted by atomic mass is 16.1. The molecular formula is C9H15N3O. The predicted molar refractivity (Wildman–Crippen MR) is 50.5 cm³/mol. The predicted octanol–water partition coefficient (Wildman–Crippen LogP) is 0.141. The largest absolute Gasteiger partial charge is 0.338 e. The molecule has 0 saturated heterocycles. The van der Waals surface area contributed by atoms with Gasteiger partial charge in [-0.25, -0.2) is 4.98 Å². The molecule has 13 heavy (non-hydrogen) atoms. The fourth-order valence-corrected chi connectivity index (χ4v) is 1.17. The fourth-order valence-electron chi connectivity index (χ4n) is 1.17. The first-order chi connectivity index (χ1) is 6.24. The van der Waals surface area contributed by atoms with Crippen LogP contribution in [0, 0.1) is 0 Å². The van der Waals surface area contributed by atoms with Gasteiger partial charge in [0.25, 0.3) is 0 Å². The van der Waals surface area contributed by atoms with Crippen molar-refractivity contribution < 1.29 is 4.79 Å². The molecule has 0 bridgehead atoms. The number of likely N-dealkylation sites (N-methyl/N-ethyl adjacent to an activating group) is 1. The number of aromatic nitrogens is 2. The second-order valence-corrected chi connectivity index (χ2v) is 3.02. The number of aryl methyl sites for hydroxylation is 2. The van der Waals surface area contributed by atoms with Crippen molar-refractivity contribution in [1.29, 1.82) is 0 Å². The van der Waals surface area contributed by atoms with Gasteiger partial charge >= 0.3 is 0 Å². The van der Waals surface area contributed by atoms with E-state index in [1.165, 1.54) is 0 Å². The molecular weight excluding hydrogens is 166 g/mol. The Kier molecular flexibility index (Phi) is 3.64. The minimum absolute atomic E-state index is 0.227. The molecule has 0 fully saturated rings. The Morgan fingerprint density at radius 2 is 2.46 bits per heavy atom. The van der Waals surface area contributed by atoms with Crippen LogP contribution in [-0.4, -0.2) is 28.9 Å². The number of nitrogens with one attached hydrogen (secondary N) is 1. The minimum Gasteiger partial charge on any atom is -0.338 e. The lowest BCUT2D eigenvalue weighted by atomic mass is 10.2. The van der Waals surface area contributed by atoms with Crippen molar-refractivity contribution in [3.05, 3.63) is 18.2 Å². The first kappa shape index (κ1) is 9.92. The van der Waals surface area contributed by atoms with Gasteiger partial charge in [0, 0.05) is 32.3 Å². The molecule has 0 aliphatic carbocycles. The Morgan fingerprint density at radius 1 is 1.69 bits per heavy atom. The molecule has 4 heteroatoms. The van der Waals surface area contributed by atoms with Crippen LogP contribution in [0.25, 0.3) is 0 Å². The van der Waals surface area contributed by atoms with E-state index in [1.807, 2.05) is 17.8 Å². The summed E-state index contributed by atoms with van der Waals surface area (Å²) in [7, 11) is 3.71. The van der Waals surface area contributed by atoms with Gasteiger partial charge in [0.2, 0.25) is 0 Å². The minimum atomic E-state index is 0.227. The van der Waals surface area contributed by atoms with Gasteiger partial charge < -0.3 is 9.88 Å². The van der Waals surface area contributed by atoms with Crippen LogP contribution in [0.2, 0.25) is 0 Å². The first-order valence-corrected chi connectivity index (χ1v) is 4.36. The fraction of sp³-hybridized carbons (Fsp3) is 0.556. The molecule has 1 aromatic heterocycles. The first-order valence-electron chi connectivity index (χ1n) is 4.36. The third-order valence-corrected chi connectivity index (χ3v) is 1.92. The topological polar surface area (TPSA) is 46.9 Å². The van der Waals surface area contributed by atoms with Crippen LogP contribution in [0.15, 0.2) is 12.4 Å². The van der Waals surface area contributed by atoms with Crippen molar-refractivity contribution in [2.24, 2.45) is 7.05 Å². The molecule has 72 valence electrons. The SMILES string of the molecule is CNCC(=O)CCc1nccn1C. The van der Waals surface area contributed by atoms with Crippen molar-refractivity contribution in [2.45, 2.75) is 12.8 Å². The number of imidazole rings is 1. The number of hydrogen-bond acceptors (Lipinski definition) is 3. The molecule has 0 radical (unpaired) electrons. The standard InChI is InChI=1S/C9H15N3O/c1-10-7-8(13)3-4-9-11-5-6-12(9)2/h5-6,10H,3-4,7H2,1-2H3. The molecule has 1 N–H and O–H groups in total. The van der Waals surface area contributed by atoms with E-state index < -0.39 is 0 Å². The highest BCUT2D eigenvalue weighted by molar-refractivity contribution is 5.80. The Hall–Kier alpha value is -1.16. The molecule has 1 rings (SSSR count). The summed E-state index contributed by atoms with van der Waals surface area (Å²) in [5, 5.41) is 2.84. The van der Waals surface area contributed by atoms with Gasteiger partial charge in [0.1, 0.15) is 11.6 Å². The molecule has 0 spiro atoms. The third-order valence-electron chi connectivity index (χ3n) is 1.92. The summed E-state index contributed by atoms with van der Waals surface area (Å²) in [5.41, 5.74) is 0. The normalized spacial score (nSPS) is 10.3. The second kappa shape index (κ2) is 4.77. The average Bonchev–Trinajstić information content (AvgIpc) is 2.48. The zero-order valence-corrected chi connectivity index (χ0v) is 8.08. The van der Waals surface area contributed by atoms with Gasteiger partial charge in [-0.3, -0.25) is 4.79 Å². The van der Waals surface area contributed by atoms with Crippen LogP contribution >= 0.6 is 0 Å². The average molecular weight is 181 g/mol. The maximum atomic E-state index is 11.2. The summed E-state index contributed by atoms with van der Waals surface area (Å²) in [5.74, 6) is 1.19. The van der Waals surface area contributed by atoms with Crippen molar-refractivity contribution in [3.63, 3.8) is 0 Å². The van der Waals surface area contributed by atoms with E-state index >= 15 is 0 Å². The van der Waals surface area contributed by atoms with Gasteiger partial charge in [0.15, 0.2) is 0 Å². The van der Waals surface area contributed by atoms with Gasteiger partial charge in [-0.1, -0.05) is 0 Å².